The molecule has 1 rings (SSSR count). The highest BCUT2D eigenvalue weighted by atomic mass is 16.6. The van der Waals surface area contributed by atoms with Gasteiger partial charge in [-0.2, -0.15) is 0 Å². The first-order chi connectivity index (χ1) is 7.90. The number of amides is 1. The summed E-state index contributed by atoms with van der Waals surface area (Å²) in [5, 5.41) is 22.0. The third-order valence-corrected chi connectivity index (χ3v) is 3.02. The highest BCUT2D eigenvalue weighted by Crippen LogP contribution is 2.18. The normalized spacial score (nSPS) is 33.8. The highest BCUT2D eigenvalue weighted by Gasteiger charge is 2.35. The number of rotatable bonds is 4. The molecule has 0 radical (unpaired) electrons. The Kier molecular flexibility index (Phi) is 5.36. The van der Waals surface area contributed by atoms with Gasteiger partial charge in [-0.1, -0.05) is 13.8 Å². The van der Waals surface area contributed by atoms with Gasteiger partial charge < -0.3 is 20.3 Å². The molecule has 1 saturated heterocycles. The zero-order chi connectivity index (χ0) is 13.0. The van der Waals surface area contributed by atoms with Gasteiger partial charge in [0.2, 0.25) is 5.91 Å². The zero-order valence-corrected chi connectivity index (χ0v) is 10.7. The van der Waals surface area contributed by atoms with Crippen molar-refractivity contribution in [1.29, 1.82) is 0 Å². The Labute approximate surface area is 102 Å². The van der Waals surface area contributed by atoms with E-state index in [1.54, 1.807) is 6.92 Å². The van der Waals surface area contributed by atoms with Crippen LogP contribution in [0.2, 0.25) is 0 Å². The van der Waals surface area contributed by atoms with E-state index in [0.29, 0.717) is 12.3 Å². The van der Waals surface area contributed by atoms with Crippen LogP contribution < -0.4 is 5.32 Å². The van der Waals surface area contributed by atoms with Crippen molar-refractivity contribution >= 4 is 5.91 Å². The minimum atomic E-state index is -0.913. The lowest BCUT2D eigenvalue weighted by Crippen LogP contribution is -2.54. The number of aliphatic hydroxyl groups is 2. The molecule has 100 valence electrons. The third kappa shape index (κ3) is 4.61. The number of nitrogens with one attached hydrogen (secondary N) is 1. The number of hydrogen-bond donors (Lipinski definition) is 3. The summed E-state index contributed by atoms with van der Waals surface area (Å²) in [6.07, 6.45) is -0.631. The van der Waals surface area contributed by atoms with Gasteiger partial charge in [0.25, 0.3) is 0 Å². The Morgan fingerprint density at radius 1 is 1.47 bits per heavy atom. The summed E-state index contributed by atoms with van der Waals surface area (Å²) < 4.78 is 5.06. The van der Waals surface area contributed by atoms with Gasteiger partial charge in [-0.15, -0.1) is 0 Å². The van der Waals surface area contributed by atoms with E-state index in [1.807, 2.05) is 0 Å². The Bertz CT molecular complexity index is 257. The average Bonchev–Trinajstić information content (AvgIpc) is 2.22. The van der Waals surface area contributed by atoms with Gasteiger partial charge in [-0.05, 0) is 19.3 Å². The summed E-state index contributed by atoms with van der Waals surface area (Å²) in [5.74, 6) is 0.397. The Morgan fingerprint density at radius 2 is 2.12 bits per heavy atom. The van der Waals surface area contributed by atoms with Gasteiger partial charge in [-0.3, -0.25) is 4.79 Å². The van der Waals surface area contributed by atoms with Crippen LogP contribution in [0.25, 0.3) is 0 Å². The molecule has 0 aromatic heterocycles. The number of ether oxygens (including phenoxy) is 1. The minimum Gasteiger partial charge on any atom is -0.388 e. The molecule has 5 heteroatoms. The summed E-state index contributed by atoms with van der Waals surface area (Å²) in [6.45, 7) is 5.80. The monoisotopic (exact) mass is 245 g/mol. The van der Waals surface area contributed by atoms with E-state index < -0.39 is 24.5 Å². The predicted molar refractivity (Wildman–Crippen MR) is 63.2 cm³/mol. The topological polar surface area (TPSA) is 78.8 Å². The minimum absolute atomic E-state index is 0.0796. The van der Waals surface area contributed by atoms with Crippen molar-refractivity contribution in [2.45, 2.75) is 64.6 Å². The predicted octanol–water partition coefficient (Wildman–Crippen LogP) is 0.395. The van der Waals surface area contributed by atoms with Crippen LogP contribution >= 0.6 is 0 Å². The Morgan fingerprint density at radius 3 is 2.71 bits per heavy atom. The van der Waals surface area contributed by atoms with Crippen LogP contribution in [0.1, 0.15) is 40.0 Å². The number of carbonyl (C=O) groups is 1. The molecule has 1 amide bonds. The van der Waals surface area contributed by atoms with Crippen molar-refractivity contribution in [2.24, 2.45) is 5.92 Å². The second kappa shape index (κ2) is 6.33. The van der Waals surface area contributed by atoms with E-state index in [-0.39, 0.29) is 12.3 Å². The fraction of sp³-hybridized carbons (Fsp3) is 0.917. The summed E-state index contributed by atoms with van der Waals surface area (Å²) in [5.41, 5.74) is 0. The molecule has 3 N–H and O–H groups in total. The van der Waals surface area contributed by atoms with E-state index in [9.17, 15) is 15.0 Å². The zero-order valence-electron chi connectivity index (χ0n) is 10.7. The molecule has 4 unspecified atom stereocenters. The van der Waals surface area contributed by atoms with E-state index in [2.05, 4.69) is 19.2 Å². The van der Waals surface area contributed by atoms with Crippen molar-refractivity contribution < 1.29 is 19.7 Å². The second-order valence-electron chi connectivity index (χ2n) is 5.13. The van der Waals surface area contributed by atoms with Crippen LogP contribution in [0.3, 0.4) is 0 Å². The lowest BCUT2D eigenvalue weighted by atomic mass is 9.99. The maximum absolute atomic E-state index is 11.6. The molecule has 1 heterocycles. The van der Waals surface area contributed by atoms with Crippen molar-refractivity contribution in [3.05, 3.63) is 0 Å². The van der Waals surface area contributed by atoms with E-state index in [0.717, 1.165) is 6.42 Å². The first-order valence-corrected chi connectivity index (χ1v) is 6.21. The third-order valence-electron chi connectivity index (χ3n) is 3.02. The van der Waals surface area contributed by atoms with Crippen molar-refractivity contribution in [3.8, 4) is 0 Å². The molecule has 0 aromatic carbocycles. The fourth-order valence-corrected chi connectivity index (χ4v) is 1.91. The molecule has 1 aliphatic rings. The van der Waals surface area contributed by atoms with Crippen molar-refractivity contribution in [2.75, 3.05) is 0 Å². The van der Waals surface area contributed by atoms with Gasteiger partial charge >= 0.3 is 0 Å². The Hall–Kier alpha value is -0.650. The average molecular weight is 245 g/mol. The van der Waals surface area contributed by atoms with Crippen LogP contribution in [0.15, 0.2) is 0 Å². The van der Waals surface area contributed by atoms with E-state index in [4.69, 9.17) is 4.74 Å². The van der Waals surface area contributed by atoms with Crippen molar-refractivity contribution in [3.63, 3.8) is 0 Å². The molecule has 0 aliphatic carbocycles. The van der Waals surface area contributed by atoms with Gasteiger partial charge in [0.15, 0.2) is 6.29 Å². The molecule has 17 heavy (non-hydrogen) atoms. The molecule has 0 aromatic rings. The SMILES string of the molecule is CC(C)CCC(=O)NC1CC(O)OC(C)C1O. The van der Waals surface area contributed by atoms with Gasteiger partial charge in [0.05, 0.1) is 12.1 Å². The maximum Gasteiger partial charge on any atom is 0.220 e. The lowest BCUT2D eigenvalue weighted by molar-refractivity contribution is -0.202. The first-order valence-electron chi connectivity index (χ1n) is 6.21. The molecule has 1 aliphatic heterocycles. The Balaban J connectivity index is 2.41. The van der Waals surface area contributed by atoms with E-state index in [1.165, 1.54) is 0 Å². The van der Waals surface area contributed by atoms with Crippen molar-refractivity contribution in [1.82, 2.24) is 5.32 Å². The number of carbonyl (C=O) groups excluding carboxylic acids is 1. The highest BCUT2D eigenvalue weighted by molar-refractivity contribution is 5.76. The molecule has 1 fully saturated rings. The van der Waals surface area contributed by atoms with E-state index >= 15 is 0 Å². The molecular formula is C12H23NO4. The largest absolute Gasteiger partial charge is 0.388 e. The van der Waals surface area contributed by atoms with Crippen LogP contribution in [0.4, 0.5) is 0 Å². The molecular weight excluding hydrogens is 222 g/mol. The molecule has 4 atom stereocenters. The van der Waals surface area contributed by atoms with Gasteiger partial charge in [0.1, 0.15) is 6.10 Å². The second-order valence-corrected chi connectivity index (χ2v) is 5.13. The molecule has 0 saturated carbocycles. The summed E-state index contributed by atoms with van der Waals surface area (Å²) in [4.78, 5) is 11.6. The summed E-state index contributed by atoms with van der Waals surface area (Å²) in [6, 6.07) is -0.423. The van der Waals surface area contributed by atoms with Crippen LogP contribution in [0, 0.1) is 5.92 Å². The summed E-state index contributed by atoms with van der Waals surface area (Å²) >= 11 is 0. The summed E-state index contributed by atoms with van der Waals surface area (Å²) in [7, 11) is 0. The molecule has 0 spiro atoms. The fourth-order valence-electron chi connectivity index (χ4n) is 1.91. The standard InChI is InChI=1S/C12H23NO4/c1-7(2)4-5-10(14)13-9-6-11(15)17-8(3)12(9)16/h7-9,11-12,15-16H,4-6H2,1-3H3,(H,13,14). The quantitative estimate of drug-likeness (QED) is 0.669. The maximum atomic E-state index is 11.6. The smallest absolute Gasteiger partial charge is 0.220 e. The van der Waals surface area contributed by atoms with Gasteiger partial charge in [-0.25, -0.2) is 0 Å². The van der Waals surface area contributed by atoms with Crippen LogP contribution in [-0.2, 0) is 9.53 Å². The van der Waals surface area contributed by atoms with Gasteiger partial charge in [0, 0.05) is 12.8 Å². The first kappa shape index (κ1) is 14.4. The number of hydrogen-bond acceptors (Lipinski definition) is 4. The number of aliphatic hydroxyl groups excluding tert-OH is 2. The van der Waals surface area contributed by atoms with Crippen LogP contribution in [-0.4, -0.2) is 40.7 Å². The molecule has 0 bridgehead atoms. The van der Waals surface area contributed by atoms with Crippen LogP contribution in [0.5, 0.6) is 0 Å². The lowest BCUT2D eigenvalue weighted by Gasteiger charge is -2.36. The molecule has 5 nitrogen and oxygen atoms in total.